The molecule has 1 fully saturated rings. The average molecular weight is 671 g/mol. The van der Waals surface area contributed by atoms with Gasteiger partial charge in [-0.25, -0.2) is 4.79 Å². The molecule has 4 rings (SSSR count). The molecule has 3 atom stereocenters. The van der Waals surface area contributed by atoms with E-state index in [4.69, 9.17) is 28.3 Å². The van der Waals surface area contributed by atoms with E-state index in [1.807, 2.05) is 4.08 Å². The van der Waals surface area contributed by atoms with Crippen LogP contribution < -0.4 is 0 Å². The minimum Gasteiger partial charge on any atom is -0.481 e. The molecule has 0 bridgehead atoms. The predicted molar refractivity (Wildman–Crippen MR) is 153 cm³/mol. The van der Waals surface area contributed by atoms with Gasteiger partial charge in [-0.05, 0) is 62.7 Å². The topological polar surface area (TPSA) is 115 Å². The highest BCUT2D eigenvalue weighted by Crippen LogP contribution is 2.40. The second kappa shape index (κ2) is 12.4. The average Bonchev–Trinajstić information content (AvgIpc) is 2.97. The molecule has 8 nitrogen and oxygen atoms in total. The number of unbranched alkanes of at least 4 members (excludes halogenated alkanes) is 1. The summed E-state index contributed by atoms with van der Waals surface area (Å²) < 4.78 is 3.93. The first-order valence-electron chi connectivity index (χ1n) is 11.9. The Labute approximate surface area is 239 Å². The molecule has 2 aromatic rings. The molecule has 38 heavy (non-hydrogen) atoms. The number of benzene rings is 2. The van der Waals surface area contributed by atoms with Crippen LogP contribution in [0, 0.1) is 0 Å². The van der Waals surface area contributed by atoms with Crippen molar-refractivity contribution in [1.29, 1.82) is 0 Å². The Morgan fingerprint density at radius 2 is 1.61 bits per heavy atom. The highest BCUT2D eigenvalue weighted by molar-refractivity contribution is 14.2. The molecule has 1 saturated heterocycles. The molecule has 11 heteroatoms. The number of halogens is 3. The number of carbonyl (C=O) groups is 4. The zero-order valence-corrected chi connectivity index (χ0v) is 23.8. The normalized spacial score (nSPS) is 20.2. The lowest BCUT2D eigenvalue weighted by molar-refractivity contribution is -0.154. The summed E-state index contributed by atoms with van der Waals surface area (Å²) in [6.45, 7) is 0.240. The lowest BCUT2D eigenvalue weighted by Crippen LogP contribution is -2.46. The molecule has 0 radical (unpaired) electrons. The third-order valence-electron chi connectivity index (χ3n) is 6.52. The predicted octanol–water partition coefficient (Wildman–Crippen LogP) is 5.22. The maximum absolute atomic E-state index is 14.3. The van der Waals surface area contributed by atoms with Gasteiger partial charge in [0.1, 0.15) is 6.04 Å². The fourth-order valence-electron chi connectivity index (χ4n) is 4.73. The second-order valence-corrected chi connectivity index (χ2v) is 12.0. The summed E-state index contributed by atoms with van der Waals surface area (Å²) in [4.78, 5) is 55.1. The highest BCUT2D eigenvalue weighted by atomic mass is 127. The molecule has 2 aromatic carbocycles. The fraction of sp³-hybridized carbons (Fsp3) is 0.296. The number of rotatable bonds is 9. The molecule has 0 aromatic heterocycles. The molecule has 0 aliphatic carbocycles. The Hall–Kier alpha value is -2.76. The lowest BCUT2D eigenvalue weighted by Gasteiger charge is -2.35. The largest absolute Gasteiger partial charge is 0.481 e. The van der Waals surface area contributed by atoms with Gasteiger partial charge in [-0.2, -0.15) is 0 Å². The number of aliphatic carboxylic acids is 2. The molecular weight excluding hydrogens is 646 g/mol. The maximum atomic E-state index is 14.3. The van der Waals surface area contributed by atoms with Gasteiger partial charge in [-0.15, -0.1) is 0 Å². The van der Waals surface area contributed by atoms with Gasteiger partial charge in [-0.3, -0.25) is 14.4 Å². The monoisotopic (exact) mass is 670 g/mol. The number of hydrogen-bond donors (Lipinski definition) is 2. The number of amides is 2. The number of fused-ring (bicyclic) bond motifs is 1. The summed E-state index contributed by atoms with van der Waals surface area (Å²) in [6.07, 6.45) is 1.25. The molecule has 200 valence electrons. The van der Waals surface area contributed by atoms with E-state index < -0.39 is 62.6 Å². The summed E-state index contributed by atoms with van der Waals surface area (Å²) in [5, 5.41) is 20.3. The maximum Gasteiger partial charge on any atom is 0.331 e. The van der Waals surface area contributed by atoms with Crippen LogP contribution in [0.2, 0.25) is 10.0 Å². The number of carboxylic acid groups (broad SMARTS) is 2. The van der Waals surface area contributed by atoms with Crippen LogP contribution in [0.3, 0.4) is 0 Å². The van der Waals surface area contributed by atoms with E-state index in [0.717, 1.165) is 0 Å². The third kappa shape index (κ3) is 6.10. The van der Waals surface area contributed by atoms with Crippen LogP contribution in [0.5, 0.6) is 0 Å². The molecule has 2 aliphatic rings. The highest BCUT2D eigenvalue weighted by Gasteiger charge is 2.49. The van der Waals surface area contributed by atoms with E-state index in [0.29, 0.717) is 46.0 Å². The summed E-state index contributed by atoms with van der Waals surface area (Å²) in [7, 11) is 0. The van der Waals surface area contributed by atoms with E-state index in [1.54, 1.807) is 53.4 Å². The van der Waals surface area contributed by atoms with Crippen molar-refractivity contribution < 1.29 is 29.4 Å². The summed E-state index contributed by atoms with van der Waals surface area (Å²) >= 11 is 11.6. The van der Waals surface area contributed by atoms with Crippen molar-refractivity contribution in [3.05, 3.63) is 79.4 Å². The Balaban J connectivity index is 1.86. The molecule has 2 N–H and O–H groups in total. The minimum absolute atomic E-state index is 0.0314. The van der Waals surface area contributed by atoms with Crippen molar-refractivity contribution in [2.24, 2.45) is 0 Å². The zero-order valence-electron chi connectivity index (χ0n) is 20.1. The van der Waals surface area contributed by atoms with Gasteiger partial charge >= 0.3 is 11.9 Å². The van der Waals surface area contributed by atoms with Crippen molar-refractivity contribution in [3.8, 4) is 0 Å². The van der Waals surface area contributed by atoms with Gasteiger partial charge in [0, 0.05) is 28.6 Å². The molecule has 2 heterocycles. The van der Waals surface area contributed by atoms with Crippen LogP contribution in [0.4, 0.5) is 0 Å². The summed E-state index contributed by atoms with van der Waals surface area (Å²) in [6, 6.07) is 9.37. The van der Waals surface area contributed by atoms with Gasteiger partial charge in [0.15, 0.2) is 6.04 Å². The van der Waals surface area contributed by atoms with Crippen molar-refractivity contribution in [2.75, 3.05) is 6.54 Å². The van der Waals surface area contributed by atoms with Crippen molar-refractivity contribution in [3.63, 3.8) is 0 Å². The van der Waals surface area contributed by atoms with Crippen LogP contribution >= 0.6 is 43.9 Å². The SMILES string of the molecule is O=C(O)CCCCN1C(=O)C(c2ccc(Cl)cc2)N(C(C(=O)O)c2ccc(Cl)cc2)C(=O)C2=CI=CCC21. The van der Waals surface area contributed by atoms with E-state index in [9.17, 15) is 24.3 Å². The van der Waals surface area contributed by atoms with Crippen LogP contribution in [0.1, 0.15) is 48.9 Å². The van der Waals surface area contributed by atoms with Crippen molar-refractivity contribution >= 4 is 71.7 Å². The molecule has 0 saturated carbocycles. The Morgan fingerprint density at radius 1 is 0.974 bits per heavy atom. The lowest BCUT2D eigenvalue weighted by atomic mass is 9.97. The molecular formula is C27H25Cl2IN2O6. The standard InChI is InChI=1S/C27H25Cl2IN2O6/c28-18-8-4-16(5-9-18)23-26(36)31(14-2-1-3-22(33)34)21-12-13-30-15-20(21)25(35)32(23)24(27(37)38)17-6-10-19(29)11-7-17/h4-11,13,15,21,23-24H,1-3,12,14H2,(H,33,34)(H,37,38). The smallest absolute Gasteiger partial charge is 0.331 e. The number of carbonyl (C=O) groups excluding carboxylic acids is 2. The second-order valence-electron chi connectivity index (χ2n) is 8.94. The van der Waals surface area contributed by atoms with Gasteiger partial charge in [0.05, 0.1) is 6.04 Å². The summed E-state index contributed by atoms with van der Waals surface area (Å²) in [5.74, 6) is -3.13. The molecule has 0 spiro atoms. The first-order valence-corrected chi connectivity index (χ1v) is 15.2. The zero-order chi connectivity index (χ0) is 27.4. The van der Waals surface area contributed by atoms with E-state index >= 15 is 0 Å². The minimum atomic E-state index is -1.46. The van der Waals surface area contributed by atoms with Gasteiger partial charge in [0.2, 0.25) is 0 Å². The van der Waals surface area contributed by atoms with E-state index in [2.05, 4.69) is 4.01 Å². The van der Waals surface area contributed by atoms with Crippen molar-refractivity contribution in [1.82, 2.24) is 9.80 Å². The Kier molecular flexibility index (Phi) is 9.22. The van der Waals surface area contributed by atoms with E-state index in [-0.39, 0.29) is 13.0 Å². The van der Waals surface area contributed by atoms with Crippen LogP contribution in [0.25, 0.3) is 0 Å². The number of nitrogens with zero attached hydrogens (tertiary/aromatic N) is 2. The molecule has 3 unspecified atom stereocenters. The van der Waals surface area contributed by atoms with Crippen LogP contribution in [-0.2, 0) is 19.2 Å². The van der Waals surface area contributed by atoms with E-state index in [1.165, 1.54) is 4.90 Å². The first-order chi connectivity index (χ1) is 18.2. The quantitative estimate of drug-likeness (QED) is 0.280. The van der Waals surface area contributed by atoms with Crippen LogP contribution in [0.15, 0.2) is 58.2 Å². The summed E-state index contributed by atoms with van der Waals surface area (Å²) in [5.41, 5.74) is 1.15. The van der Waals surface area contributed by atoms with Gasteiger partial charge in [-0.1, -0.05) is 68.2 Å². The van der Waals surface area contributed by atoms with Gasteiger partial charge in [0.25, 0.3) is 11.8 Å². The third-order valence-corrected chi connectivity index (χ3v) is 9.07. The Morgan fingerprint density at radius 3 is 2.21 bits per heavy atom. The number of hydrogen-bond acceptors (Lipinski definition) is 4. The first kappa shape index (κ1) is 28.3. The fourth-order valence-corrected chi connectivity index (χ4v) is 7.08. The molecule has 2 amide bonds. The van der Waals surface area contributed by atoms with Gasteiger partial charge < -0.3 is 20.0 Å². The number of carboxylic acids is 2. The molecule has 2 aliphatic heterocycles. The van der Waals surface area contributed by atoms with Crippen molar-refractivity contribution in [2.45, 2.75) is 43.8 Å². The Bertz CT molecular complexity index is 1300. The van der Waals surface area contributed by atoms with Crippen LogP contribution in [-0.4, -0.2) is 60.4 Å².